The van der Waals surface area contributed by atoms with Crippen LogP contribution in [0.4, 0.5) is 5.69 Å². The first-order chi connectivity index (χ1) is 12.8. The first-order valence-electron chi connectivity index (χ1n) is 7.82. The summed E-state index contributed by atoms with van der Waals surface area (Å²) < 4.78 is 30.9. The Balaban J connectivity index is 2.05. The van der Waals surface area contributed by atoms with Crippen molar-refractivity contribution in [1.82, 2.24) is 4.72 Å². The van der Waals surface area contributed by atoms with E-state index < -0.39 is 28.0 Å². The number of nitriles is 1. The Hall–Kier alpha value is -3.22. The normalized spacial score (nSPS) is 11.9. The van der Waals surface area contributed by atoms with Gasteiger partial charge in [0.1, 0.15) is 0 Å². The summed E-state index contributed by atoms with van der Waals surface area (Å²) in [4.78, 5) is 24.3. The highest BCUT2D eigenvalue weighted by Crippen LogP contribution is 2.14. The van der Waals surface area contributed by atoms with Gasteiger partial charge in [0, 0.05) is 5.69 Å². The van der Waals surface area contributed by atoms with Gasteiger partial charge in [-0.05, 0) is 56.4 Å². The van der Waals surface area contributed by atoms with Gasteiger partial charge in [0.25, 0.3) is 5.91 Å². The molecule has 1 atom stereocenters. The fourth-order valence-electron chi connectivity index (χ4n) is 2.06. The lowest BCUT2D eigenvalue weighted by atomic mass is 10.2. The summed E-state index contributed by atoms with van der Waals surface area (Å²) in [6.07, 6.45) is -1.11. The van der Waals surface area contributed by atoms with Crippen molar-refractivity contribution < 1.29 is 22.7 Å². The highest BCUT2D eigenvalue weighted by molar-refractivity contribution is 7.89. The molecule has 0 saturated heterocycles. The number of sulfonamides is 1. The Morgan fingerprint density at radius 1 is 1.15 bits per heavy atom. The van der Waals surface area contributed by atoms with Crippen molar-refractivity contribution in [3.05, 3.63) is 59.7 Å². The smallest absolute Gasteiger partial charge is 0.338 e. The van der Waals surface area contributed by atoms with Crippen LogP contribution in [0.15, 0.2) is 53.4 Å². The molecule has 0 aliphatic rings. The minimum absolute atomic E-state index is 0.00403. The summed E-state index contributed by atoms with van der Waals surface area (Å²) in [5.74, 6) is -1.39. The Morgan fingerprint density at radius 2 is 1.81 bits per heavy atom. The van der Waals surface area contributed by atoms with Crippen molar-refractivity contribution in [1.29, 1.82) is 5.26 Å². The van der Waals surface area contributed by atoms with Crippen LogP contribution in [-0.4, -0.2) is 33.4 Å². The minimum Gasteiger partial charge on any atom is -0.449 e. The molecule has 1 amide bonds. The number of nitrogens with one attached hydrogen (secondary N) is 2. The van der Waals surface area contributed by atoms with E-state index in [1.165, 1.54) is 38.2 Å². The van der Waals surface area contributed by atoms with Crippen molar-refractivity contribution in [3.8, 4) is 6.07 Å². The van der Waals surface area contributed by atoms with Crippen LogP contribution in [0.5, 0.6) is 0 Å². The van der Waals surface area contributed by atoms with Crippen LogP contribution in [0.1, 0.15) is 22.8 Å². The Bertz CT molecular complexity index is 994. The summed E-state index contributed by atoms with van der Waals surface area (Å²) in [6.45, 7) is 1.39. The number of carbonyl (C=O) groups is 2. The van der Waals surface area contributed by atoms with Gasteiger partial charge < -0.3 is 10.1 Å². The van der Waals surface area contributed by atoms with E-state index in [0.29, 0.717) is 11.3 Å². The molecule has 8 nitrogen and oxygen atoms in total. The van der Waals surface area contributed by atoms with Crippen molar-refractivity contribution in [2.45, 2.75) is 17.9 Å². The van der Waals surface area contributed by atoms with E-state index in [1.807, 2.05) is 6.07 Å². The van der Waals surface area contributed by atoms with E-state index in [0.717, 1.165) is 0 Å². The van der Waals surface area contributed by atoms with Crippen LogP contribution in [0.3, 0.4) is 0 Å². The van der Waals surface area contributed by atoms with Crippen LogP contribution in [0.25, 0.3) is 0 Å². The fraction of sp³-hybridized carbons (Fsp3) is 0.167. The predicted octanol–water partition coefficient (Wildman–Crippen LogP) is 1.65. The molecule has 0 unspecified atom stereocenters. The number of benzene rings is 2. The zero-order valence-electron chi connectivity index (χ0n) is 14.6. The number of anilines is 1. The van der Waals surface area contributed by atoms with Crippen LogP contribution in [0, 0.1) is 11.3 Å². The van der Waals surface area contributed by atoms with Gasteiger partial charge in [0.15, 0.2) is 6.10 Å². The van der Waals surface area contributed by atoms with E-state index in [2.05, 4.69) is 10.0 Å². The molecule has 0 aliphatic heterocycles. The maximum atomic E-state index is 12.2. The number of hydrogen-bond donors (Lipinski definition) is 2. The van der Waals surface area contributed by atoms with Gasteiger partial charge in [0.05, 0.1) is 22.1 Å². The Labute approximate surface area is 156 Å². The molecule has 9 heteroatoms. The van der Waals surface area contributed by atoms with Gasteiger partial charge in [-0.25, -0.2) is 17.9 Å². The van der Waals surface area contributed by atoms with Crippen molar-refractivity contribution >= 4 is 27.6 Å². The minimum atomic E-state index is -3.71. The van der Waals surface area contributed by atoms with Gasteiger partial charge in [-0.2, -0.15) is 5.26 Å². The summed E-state index contributed by atoms with van der Waals surface area (Å²) in [7, 11) is -2.45. The quantitative estimate of drug-likeness (QED) is 0.726. The highest BCUT2D eigenvalue weighted by Gasteiger charge is 2.20. The van der Waals surface area contributed by atoms with E-state index in [-0.39, 0.29) is 10.5 Å². The van der Waals surface area contributed by atoms with Gasteiger partial charge in [-0.3, -0.25) is 4.79 Å². The molecule has 0 bridgehead atoms. The maximum absolute atomic E-state index is 12.2. The first kappa shape index (κ1) is 20.1. The van der Waals surface area contributed by atoms with Crippen molar-refractivity contribution in [2.24, 2.45) is 0 Å². The molecule has 0 fully saturated rings. The van der Waals surface area contributed by atoms with Gasteiger partial charge in [-0.15, -0.1) is 0 Å². The zero-order valence-corrected chi connectivity index (χ0v) is 15.4. The molecule has 0 aromatic heterocycles. The Morgan fingerprint density at radius 3 is 2.41 bits per heavy atom. The van der Waals surface area contributed by atoms with E-state index in [1.54, 1.807) is 24.3 Å². The number of nitrogens with zero attached hydrogens (tertiary/aromatic N) is 1. The lowest BCUT2D eigenvalue weighted by molar-refractivity contribution is -0.123. The van der Waals surface area contributed by atoms with Gasteiger partial charge >= 0.3 is 5.97 Å². The highest BCUT2D eigenvalue weighted by atomic mass is 32.2. The molecular weight excluding hydrogens is 370 g/mol. The van der Waals surface area contributed by atoms with Crippen LogP contribution in [0.2, 0.25) is 0 Å². The second-order valence-corrected chi connectivity index (χ2v) is 7.35. The Kier molecular flexibility index (Phi) is 6.28. The summed E-state index contributed by atoms with van der Waals surface area (Å²) in [5, 5.41) is 11.3. The predicted molar refractivity (Wildman–Crippen MR) is 97.4 cm³/mol. The number of carbonyl (C=O) groups excluding carboxylic acids is 2. The standard InChI is InChI=1S/C18H17N3O5S/c1-12(17(22)21-15-8-6-13(11-19)7-9-15)26-18(23)14-4-3-5-16(10-14)27(24,25)20-2/h3-10,12,20H,1-2H3,(H,21,22)/t12-/m0/s1. The molecule has 140 valence electrons. The molecule has 2 aromatic carbocycles. The molecule has 0 heterocycles. The number of hydrogen-bond acceptors (Lipinski definition) is 6. The number of amides is 1. The van der Waals surface area contributed by atoms with E-state index in [9.17, 15) is 18.0 Å². The summed E-state index contributed by atoms with van der Waals surface area (Å²) >= 11 is 0. The first-order valence-corrected chi connectivity index (χ1v) is 9.31. The van der Waals surface area contributed by atoms with Crippen LogP contribution in [-0.2, 0) is 19.6 Å². The van der Waals surface area contributed by atoms with Crippen molar-refractivity contribution in [3.63, 3.8) is 0 Å². The fourth-order valence-corrected chi connectivity index (χ4v) is 2.84. The topological polar surface area (TPSA) is 125 Å². The second kappa shape index (κ2) is 8.44. The number of esters is 1. The van der Waals surface area contributed by atoms with Crippen LogP contribution < -0.4 is 10.0 Å². The molecule has 2 N–H and O–H groups in total. The largest absolute Gasteiger partial charge is 0.449 e. The molecule has 27 heavy (non-hydrogen) atoms. The third kappa shape index (κ3) is 5.13. The lowest BCUT2D eigenvalue weighted by Gasteiger charge is -2.14. The number of ether oxygens (including phenoxy) is 1. The van der Waals surface area contributed by atoms with E-state index in [4.69, 9.17) is 10.00 Å². The van der Waals surface area contributed by atoms with Crippen LogP contribution >= 0.6 is 0 Å². The molecule has 0 saturated carbocycles. The zero-order chi connectivity index (χ0) is 20.0. The second-order valence-electron chi connectivity index (χ2n) is 5.46. The van der Waals surface area contributed by atoms with Gasteiger partial charge in [0.2, 0.25) is 10.0 Å². The average Bonchev–Trinajstić information content (AvgIpc) is 2.68. The number of rotatable bonds is 6. The molecule has 2 rings (SSSR count). The maximum Gasteiger partial charge on any atom is 0.338 e. The molecule has 2 aromatic rings. The third-order valence-corrected chi connectivity index (χ3v) is 5.00. The molecule has 0 spiro atoms. The molecule has 0 aliphatic carbocycles. The summed E-state index contributed by atoms with van der Waals surface area (Å²) in [6, 6.07) is 13.5. The SMILES string of the molecule is CNS(=O)(=O)c1cccc(C(=O)O[C@@H](C)C(=O)Nc2ccc(C#N)cc2)c1. The van der Waals surface area contributed by atoms with E-state index >= 15 is 0 Å². The average molecular weight is 387 g/mol. The van der Waals surface area contributed by atoms with Gasteiger partial charge in [-0.1, -0.05) is 6.07 Å². The summed E-state index contributed by atoms with van der Waals surface area (Å²) in [5.41, 5.74) is 0.900. The third-order valence-electron chi connectivity index (χ3n) is 3.58. The molecule has 0 radical (unpaired) electrons. The molecular formula is C18H17N3O5S. The monoisotopic (exact) mass is 387 g/mol. The van der Waals surface area contributed by atoms with Crippen molar-refractivity contribution in [2.75, 3.05) is 12.4 Å². The lowest BCUT2D eigenvalue weighted by Crippen LogP contribution is -2.30.